The van der Waals surface area contributed by atoms with Crippen LogP contribution < -0.4 is 10.1 Å². The van der Waals surface area contributed by atoms with E-state index in [4.69, 9.17) is 9.72 Å². The van der Waals surface area contributed by atoms with Crippen molar-refractivity contribution < 1.29 is 9.53 Å². The van der Waals surface area contributed by atoms with E-state index in [9.17, 15) is 4.79 Å². The number of carbonyl (C=O) groups is 1. The van der Waals surface area contributed by atoms with Gasteiger partial charge in [0.15, 0.2) is 0 Å². The molecule has 3 heterocycles. The number of benzene rings is 1. The molecule has 1 fully saturated rings. The number of aryl methyl sites for hydroxylation is 3. The summed E-state index contributed by atoms with van der Waals surface area (Å²) in [6.45, 7) is 4.65. The Morgan fingerprint density at radius 2 is 1.84 bits per heavy atom. The van der Waals surface area contributed by atoms with Gasteiger partial charge in [-0.2, -0.15) is 0 Å². The second kappa shape index (κ2) is 9.77. The van der Waals surface area contributed by atoms with Gasteiger partial charge < -0.3 is 15.0 Å². The fourth-order valence-corrected chi connectivity index (χ4v) is 4.16. The third kappa shape index (κ3) is 5.22. The van der Waals surface area contributed by atoms with E-state index in [-0.39, 0.29) is 11.9 Å². The molecule has 2 aromatic heterocycles. The smallest absolute Gasteiger partial charge is 0.228 e. The SMILES string of the molecule is COc1ccc(CCC(=O)N2CCC[C@H]2c2cccc(Nc3nc(C)cc(C)n3)n2)cc1. The third-order valence-corrected chi connectivity index (χ3v) is 5.69. The first-order valence-electron chi connectivity index (χ1n) is 11.0. The lowest BCUT2D eigenvalue weighted by Gasteiger charge is -2.25. The topological polar surface area (TPSA) is 80.2 Å². The van der Waals surface area contributed by atoms with E-state index in [1.54, 1.807) is 7.11 Å². The Balaban J connectivity index is 1.43. The fourth-order valence-electron chi connectivity index (χ4n) is 4.16. The Bertz CT molecular complexity index is 1060. The maximum atomic E-state index is 13.0. The number of hydrogen-bond acceptors (Lipinski definition) is 6. The summed E-state index contributed by atoms with van der Waals surface area (Å²) < 4.78 is 5.20. The van der Waals surface area contributed by atoms with Crippen LogP contribution in [-0.4, -0.2) is 39.4 Å². The van der Waals surface area contributed by atoms with Gasteiger partial charge in [0.2, 0.25) is 11.9 Å². The van der Waals surface area contributed by atoms with Crippen molar-refractivity contribution in [3.05, 3.63) is 71.2 Å². The highest BCUT2D eigenvalue weighted by atomic mass is 16.5. The minimum atomic E-state index is 0.000260. The maximum absolute atomic E-state index is 13.0. The van der Waals surface area contributed by atoms with Gasteiger partial charge in [-0.3, -0.25) is 4.79 Å². The van der Waals surface area contributed by atoms with Crippen LogP contribution in [0.5, 0.6) is 5.75 Å². The summed E-state index contributed by atoms with van der Waals surface area (Å²) in [4.78, 5) is 28.6. The molecular formula is C25H29N5O2. The Kier molecular flexibility index (Phi) is 6.63. The molecule has 1 N–H and O–H groups in total. The van der Waals surface area contributed by atoms with Gasteiger partial charge in [0.05, 0.1) is 18.8 Å². The predicted molar refractivity (Wildman–Crippen MR) is 124 cm³/mol. The van der Waals surface area contributed by atoms with Gasteiger partial charge in [-0.1, -0.05) is 18.2 Å². The highest BCUT2D eigenvalue weighted by molar-refractivity contribution is 5.77. The molecule has 0 spiro atoms. The summed E-state index contributed by atoms with van der Waals surface area (Å²) in [5.74, 6) is 2.21. The molecule has 3 aromatic rings. The Morgan fingerprint density at radius 1 is 1.09 bits per heavy atom. The van der Waals surface area contributed by atoms with Crippen molar-refractivity contribution in [2.24, 2.45) is 0 Å². The number of amides is 1. The molecule has 1 aliphatic rings. The van der Waals surface area contributed by atoms with Gasteiger partial charge in [0, 0.05) is 24.4 Å². The molecule has 0 bridgehead atoms. The van der Waals surface area contributed by atoms with Crippen molar-refractivity contribution in [2.75, 3.05) is 19.0 Å². The normalized spacial score (nSPS) is 15.6. The lowest BCUT2D eigenvalue weighted by molar-refractivity contribution is -0.132. The zero-order valence-electron chi connectivity index (χ0n) is 18.8. The number of nitrogens with one attached hydrogen (secondary N) is 1. The molecule has 32 heavy (non-hydrogen) atoms. The number of ether oxygens (including phenoxy) is 1. The molecule has 7 heteroatoms. The second-order valence-electron chi connectivity index (χ2n) is 8.14. The number of pyridine rings is 1. The molecule has 7 nitrogen and oxygen atoms in total. The van der Waals surface area contributed by atoms with Crippen molar-refractivity contribution in [2.45, 2.75) is 45.6 Å². The molecule has 1 aliphatic heterocycles. The van der Waals surface area contributed by atoms with Gasteiger partial charge in [0.1, 0.15) is 11.6 Å². The van der Waals surface area contributed by atoms with Crippen molar-refractivity contribution in [1.82, 2.24) is 19.9 Å². The Hall–Kier alpha value is -3.48. The number of aromatic nitrogens is 3. The Labute approximate surface area is 188 Å². The van der Waals surface area contributed by atoms with Gasteiger partial charge in [-0.05, 0) is 69.0 Å². The quantitative estimate of drug-likeness (QED) is 0.592. The van der Waals surface area contributed by atoms with E-state index in [0.717, 1.165) is 47.8 Å². The van der Waals surface area contributed by atoms with Crippen LogP contribution in [0.2, 0.25) is 0 Å². The molecule has 1 amide bonds. The van der Waals surface area contributed by atoms with Crippen molar-refractivity contribution in [3.63, 3.8) is 0 Å². The van der Waals surface area contributed by atoms with Crippen LogP contribution >= 0.6 is 0 Å². The summed E-state index contributed by atoms with van der Waals surface area (Å²) in [6.07, 6.45) is 3.10. The number of methoxy groups -OCH3 is 1. The number of rotatable bonds is 7. The van der Waals surface area contributed by atoms with Crippen LogP contribution in [0.15, 0.2) is 48.5 Å². The maximum Gasteiger partial charge on any atom is 0.228 e. The minimum Gasteiger partial charge on any atom is -0.497 e. The number of likely N-dealkylation sites (tertiary alicyclic amines) is 1. The van der Waals surface area contributed by atoms with Crippen molar-refractivity contribution >= 4 is 17.7 Å². The predicted octanol–water partition coefficient (Wildman–Crippen LogP) is 4.54. The molecular weight excluding hydrogens is 402 g/mol. The summed E-state index contributed by atoms with van der Waals surface area (Å²) in [7, 11) is 1.65. The van der Waals surface area contributed by atoms with E-state index in [0.29, 0.717) is 24.6 Å². The molecule has 0 saturated carbocycles. The lowest BCUT2D eigenvalue weighted by Crippen LogP contribution is -2.31. The van der Waals surface area contributed by atoms with Gasteiger partial charge in [-0.25, -0.2) is 15.0 Å². The van der Waals surface area contributed by atoms with Crippen LogP contribution in [0, 0.1) is 13.8 Å². The largest absolute Gasteiger partial charge is 0.497 e. The van der Waals surface area contributed by atoms with Gasteiger partial charge >= 0.3 is 0 Å². The first-order chi connectivity index (χ1) is 15.5. The molecule has 0 aliphatic carbocycles. The minimum absolute atomic E-state index is 0.000260. The van der Waals surface area contributed by atoms with Gasteiger partial charge in [0.25, 0.3) is 0 Å². The van der Waals surface area contributed by atoms with Crippen LogP contribution in [0.1, 0.15) is 47.9 Å². The summed E-state index contributed by atoms with van der Waals surface area (Å²) >= 11 is 0. The van der Waals surface area contributed by atoms with E-state index in [1.807, 2.05) is 67.3 Å². The average molecular weight is 432 g/mol. The van der Waals surface area contributed by atoms with Crippen LogP contribution in [-0.2, 0) is 11.2 Å². The van der Waals surface area contributed by atoms with E-state index in [2.05, 4.69) is 15.3 Å². The first-order valence-corrected chi connectivity index (χ1v) is 11.0. The Morgan fingerprint density at radius 3 is 2.56 bits per heavy atom. The highest BCUT2D eigenvalue weighted by Gasteiger charge is 2.30. The van der Waals surface area contributed by atoms with Crippen molar-refractivity contribution in [1.29, 1.82) is 0 Å². The first kappa shape index (κ1) is 21.7. The summed E-state index contributed by atoms with van der Waals surface area (Å²) in [5, 5.41) is 3.20. The van der Waals surface area contributed by atoms with Crippen LogP contribution in [0.3, 0.4) is 0 Å². The molecule has 1 saturated heterocycles. The number of anilines is 2. The van der Waals surface area contributed by atoms with E-state index < -0.39 is 0 Å². The molecule has 166 valence electrons. The molecule has 0 radical (unpaired) electrons. The third-order valence-electron chi connectivity index (χ3n) is 5.69. The van der Waals surface area contributed by atoms with E-state index in [1.165, 1.54) is 0 Å². The van der Waals surface area contributed by atoms with E-state index >= 15 is 0 Å². The molecule has 1 atom stereocenters. The number of nitrogens with zero attached hydrogens (tertiary/aromatic N) is 4. The highest BCUT2D eigenvalue weighted by Crippen LogP contribution is 2.32. The average Bonchev–Trinajstić information content (AvgIpc) is 3.27. The molecule has 1 aromatic carbocycles. The lowest BCUT2D eigenvalue weighted by atomic mass is 10.1. The van der Waals surface area contributed by atoms with Crippen molar-refractivity contribution in [3.8, 4) is 5.75 Å². The second-order valence-corrected chi connectivity index (χ2v) is 8.14. The summed E-state index contributed by atoms with van der Waals surface area (Å²) in [6, 6.07) is 15.7. The summed E-state index contributed by atoms with van der Waals surface area (Å²) in [5.41, 5.74) is 3.84. The van der Waals surface area contributed by atoms with Crippen LogP contribution in [0.25, 0.3) is 0 Å². The fraction of sp³-hybridized carbons (Fsp3) is 0.360. The van der Waals surface area contributed by atoms with Gasteiger partial charge in [-0.15, -0.1) is 0 Å². The number of hydrogen-bond donors (Lipinski definition) is 1. The molecule has 0 unspecified atom stereocenters. The molecule has 4 rings (SSSR count). The zero-order chi connectivity index (χ0) is 22.5. The zero-order valence-corrected chi connectivity index (χ0v) is 18.8. The monoisotopic (exact) mass is 431 g/mol. The van der Waals surface area contributed by atoms with Crippen LogP contribution in [0.4, 0.5) is 11.8 Å². The number of carbonyl (C=O) groups excluding carboxylic acids is 1. The standard InChI is InChI=1S/C25H29N5O2/c1-17-16-18(2)27-25(26-17)29-23-8-4-6-21(28-23)22-7-5-15-30(22)24(31)14-11-19-9-12-20(32-3)13-10-19/h4,6,8-10,12-13,16,22H,5,7,11,14-15H2,1-3H3,(H,26,27,28,29)/t22-/m0/s1.